The van der Waals surface area contributed by atoms with Crippen molar-refractivity contribution in [3.8, 4) is 5.75 Å². The van der Waals surface area contributed by atoms with E-state index in [1.165, 1.54) is 0 Å². The second-order valence-electron chi connectivity index (χ2n) is 6.15. The fourth-order valence-electron chi connectivity index (χ4n) is 2.99. The van der Waals surface area contributed by atoms with Gasteiger partial charge in [-0.05, 0) is 52.7 Å². The fraction of sp³-hybridized carbons (Fsp3) is 0.600. The molecule has 1 heterocycles. The molecule has 0 aliphatic carbocycles. The molecule has 1 aliphatic heterocycles. The average molecular weight is 249 g/mol. The van der Waals surface area contributed by atoms with Gasteiger partial charge in [-0.15, -0.1) is 0 Å². The van der Waals surface area contributed by atoms with Crippen LogP contribution in [-0.2, 0) is 6.42 Å². The number of aliphatic hydroxyl groups is 1. The summed E-state index contributed by atoms with van der Waals surface area (Å²) in [5, 5.41) is 20.0. The van der Waals surface area contributed by atoms with Crippen LogP contribution in [0, 0.1) is 0 Å². The number of phenols is 1. The predicted molar refractivity (Wildman–Crippen MR) is 74.1 cm³/mol. The van der Waals surface area contributed by atoms with Crippen molar-refractivity contribution in [2.45, 2.75) is 58.2 Å². The number of aromatic hydroxyl groups is 1. The van der Waals surface area contributed by atoms with E-state index in [9.17, 15) is 10.2 Å². The van der Waals surface area contributed by atoms with Crippen LogP contribution in [-0.4, -0.2) is 27.9 Å². The second-order valence-corrected chi connectivity index (χ2v) is 6.15. The Kier molecular flexibility index (Phi) is 3.28. The van der Waals surface area contributed by atoms with Crippen molar-refractivity contribution in [3.05, 3.63) is 23.8 Å². The van der Waals surface area contributed by atoms with Crippen LogP contribution in [0.4, 0.5) is 5.69 Å². The third-order valence-corrected chi connectivity index (χ3v) is 3.53. The van der Waals surface area contributed by atoms with E-state index in [0.717, 1.165) is 17.7 Å². The summed E-state index contributed by atoms with van der Waals surface area (Å²) in [5.74, 6) is 0.372. The Labute approximate surface area is 109 Å². The van der Waals surface area contributed by atoms with E-state index in [1.807, 2.05) is 19.9 Å². The summed E-state index contributed by atoms with van der Waals surface area (Å²) in [6.45, 7) is 7.98. The smallest absolute Gasteiger partial charge is 0.120 e. The van der Waals surface area contributed by atoms with Crippen LogP contribution < -0.4 is 4.90 Å². The zero-order chi connectivity index (χ0) is 13.5. The van der Waals surface area contributed by atoms with Gasteiger partial charge in [0.05, 0.1) is 5.60 Å². The molecular weight excluding hydrogens is 226 g/mol. The summed E-state index contributed by atoms with van der Waals surface area (Å²) in [6, 6.07) is 6.30. The predicted octanol–water partition coefficient (Wildman–Crippen LogP) is 2.69. The van der Waals surface area contributed by atoms with Crippen molar-refractivity contribution in [2.24, 2.45) is 0 Å². The Morgan fingerprint density at radius 2 is 2.06 bits per heavy atom. The molecule has 1 aromatic rings. The molecule has 2 N–H and O–H groups in total. The first-order valence-electron chi connectivity index (χ1n) is 6.61. The first-order valence-corrected chi connectivity index (χ1v) is 6.61. The molecule has 100 valence electrons. The van der Waals surface area contributed by atoms with Gasteiger partial charge in [-0.3, -0.25) is 0 Å². The van der Waals surface area contributed by atoms with Crippen molar-refractivity contribution < 1.29 is 10.2 Å². The van der Waals surface area contributed by atoms with Crippen molar-refractivity contribution in [1.29, 1.82) is 0 Å². The highest BCUT2D eigenvalue weighted by molar-refractivity contribution is 5.64. The molecule has 0 fully saturated rings. The molecule has 2 rings (SSSR count). The first kappa shape index (κ1) is 13.2. The normalized spacial score (nSPS) is 19.4. The maximum Gasteiger partial charge on any atom is 0.120 e. The fourth-order valence-corrected chi connectivity index (χ4v) is 2.99. The lowest BCUT2D eigenvalue weighted by Gasteiger charge is -2.34. The SMILES string of the molecule is CC(C)N1c2cccc(O)c2CC1CC(C)(C)O. The van der Waals surface area contributed by atoms with E-state index in [0.29, 0.717) is 18.2 Å². The van der Waals surface area contributed by atoms with E-state index in [-0.39, 0.29) is 6.04 Å². The van der Waals surface area contributed by atoms with Crippen LogP contribution in [0.25, 0.3) is 0 Å². The molecule has 0 radical (unpaired) electrons. The minimum absolute atomic E-state index is 0.258. The van der Waals surface area contributed by atoms with Gasteiger partial charge in [0.15, 0.2) is 0 Å². The maximum atomic E-state index is 10.0. The van der Waals surface area contributed by atoms with E-state index >= 15 is 0 Å². The molecule has 0 bridgehead atoms. The van der Waals surface area contributed by atoms with Crippen LogP contribution in [0.5, 0.6) is 5.75 Å². The molecule has 1 aliphatic rings. The second kappa shape index (κ2) is 4.47. The first-order chi connectivity index (χ1) is 8.29. The van der Waals surface area contributed by atoms with Gasteiger partial charge in [-0.2, -0.15) is 0 Å². The highest BCUT2D eigenvalue weighted by Crippen LogP contribution is 2.40. The molecule has 3 heteroatoms. The summed E-state index contributed by atoms with van der Waals surface area (Å²) >= 11 is 0. The van der Waals surface area contributed by atoms with Gasteiger partial charge in [-0.1, -0.05) is 6.07 Å². The third kappa shape index (κ3) is 2.46. The topological polar surface area (TPSA) is 43.7 Å². The average Bonchev–Trinajstić information content (AvgIpc) is 2.54. The molecule has 0 saturated heterocycles. The number of hydrogen-bond acceptors (Lipinski definition) is 3. The Morgan fingerprint density at radius 3 is 2.61 bits per heavy atom. The summed E-state index contributed by atoms with van der Waals surface area (Å²) in [5.41, 5.74) is 1.44. The van der Waals surface area contributed by atoms with Crippen LogP contribution in [0.1, 0.15) is 39.7 Å². The van der Waals surface area contributed by atoms with E-state index in [2.05, 4.69) is 24.8 Å². The van der Waals surface area contributed by atoms with Gasteiger partial charge in [0.2, 0.25) is 0 Å². The summed E-state index contributed by atoms with van der Waals surface area (Å²) in [6.07, 6.45) is 1.52. The number of hydrogen-bond donors (Lipinski definition) is 2. The quantitative estimate of drug-likeness (QED) is 0.865. The number of phenolic OH excluding ortho intramolecular Hbond substituents is 1. The van der Waals surface area contributed by atoms with Crippen molar-refractivity contribution in [2.75, 3.05) is 4.90 Å². The number of rotatable bonds is 3. The van der Waals surface area contributed by atoms with Gasteiger partial charge < -0.3 is 15.1 Å². The van der Waals surface area contributed by atoms with Gasteiger partial charge in [0.25, 0.3) is 0 Å². The standard InChI is InChI=1S/C15H23NO2/c1-10(2)16-11(9-15(3,4)18)8-12-13(16)6-5-7-14(12)17/h5-7,10-11,17-18H,8-9H2,1-4H3. The van der Waals surface area contributed by atoms with Crippen molar-refractivity contribution >= 4 is 5.69 Å². The minimum atomic E-state index is -0.685. The molecule has 3 nitrogen and oxygen atoms in total. The monoisotopic (exact) mass is 249 g/mol. The zero-order valence-corrected chi connectivity index (χ0v) is 11.6. The van der Waals surface area contributed by atoms with E-state index < -0.39 is 5.60 Å². The van der Waals surface area contributed by atoms with Gasteiger partial charge >= 0.3 is 0 Å². The van der Waals surface area contributed by atoms with Gasteiger partial charge in [-0.25, -0.2) is 0 Å². The van der Waals surface area contributed by atoms with Crippen LogP contribution in [0.15, 0.2) is 18.2 Å². The number of nitrogens with zero attached hydrogens (tertiary/aromatic N) is 1. The van der Waals surface area contributed by atoms with Crippen molar-refractivity contribution in [3.63, 3.8) is 0 Å². The summed E-state index contributed by atoms with van der Waals surface area (Å²) < 4.78 is 0. The number of fused-ring (bicyclic) bond motifs is 1. The molecule has 0 amide bonds. The van der Waals surface area contributed by atoms with Gasteiger partial charge in [0.1, 0.15) is 5.75 Å². The molecule has 0 saturated carbocycles. The molecule has 1 unspecified atom stereocenters. The Morgan fingerprint density at radius 1 is 1.39 bits per heavy atom. The number of anilines is 1. The lowest BCUT2D eigenvalue weighted by Crippen LogP contribution is -2.42. The molecular formula is C15H23NO2. The van der Waals surface area contributed by atoms with Crippen LogP contribution in [0.2, 0.25) is 0 Å². The molecule has 18 heavy (non-hydrogen) atoms. The summed E-state index contributed by atoms with van der Waals surface area (Å²) in [4.78, 5) is 2.31. The number of benzene rings is 1. The zero-order valence-electron chi connectivity index (χ0n) is 11.6. The third-order valence-electron chi connectivity index (χ3n) is 3.53. The largest absolute Gasteiger partial charge is 0.508 e. The Balaban J connectivity index is 2.34. The maximum absolute atomic E-state index is 10.0. The van der Waals surface area contributed by atoms with Crippen LogP contribution >= 0.6 is 0 Å². The lowest BCUT2D eigenvalue weighted by atomic mass is 9.96. The molecule has 1 aromatic carbocycles. The minimum Gasteiger partial charge on any atom is -0.508 e. The Hall–Kier alpha value is -1.22. The highest BCUT2D eigenvalue weighted by Gasteiger charge is 2.35. The van der Waals surface area contributed by atoms with Gasteiger partial charge in [0, 0.05) is 23.3 Å². The van der Waals surface area contributed by atoms with E-state index in [4.69, 9.17) is 0 Å². The van der Waals surface area contributed by atoms with Crippen LogP contribution in [0.3, 0.4) is 0 Å². The molecule has 0 spiro atoms. The lowest BCUT2D eigenvalue weighted by molar-refractivity contribution is 0.0629. The molecule has 0 aromatic heterocycles. The van der Waals surface area contributed by atoms with E-state index in [1.54, 1.807) is 6.07 Å². The molecule has 1 atom stereocenters. The Bertz CT molecular complexity index is 435. The summed E-state index contributed by atoms with van der Waals surface area (Å²) in [7, 11) is 0. The highest BCUT2D eigenvalue weighted by atomic mass is 16.3. The van der Waals surface area contributed by atoms with Crippen molar-refractivity contribution in [1.82, 2.24) is 0 Å².